The second-order valence-electron chi connectivity index (χ2n) is 2.63. The summed E-state index contributed by atoms with van der Waals surface area (Å²) in [6.45, 7) is 1.92. The van der Waals surface area contributed by atoms with E-state index < -0.39 is 0 Å². The molecule has 68 valence electrons. The molecule has 1 heterocycles. The Morgan fingerprint density at radius 3 is 2.92 bits per heavy atom. The quantitative estimate of drug-likeness (QED) is 0.768. The summed E-state index contributed by atoms with van der Waals surface area (Å²) in [6.07, 6.45) is 1.79. The summed E-state index contributed by atoms with van der Waals surface area (Å²) < 4.78 is 0.662. The number of aromatic nitrogens is 2. The molecule has 0 radical (unpaired) electrons. The van der Waals surface area contributed by atoms with Crippen molar-refractivity contribution in [2.45, 2.75) is 19.3 Å². The molecule has 1 rings (SSSR count). The minimum Gasteiger partial charge on any atom is -0.229 e. The highest BCUT2D eigenvalue weighted by atomic mass is 79.9. The Morgan fingerprint density at radius 2 is 2.38 bits per heavy atom. The fourth-order valence-corrected chi connectivity index (χ4v) is 2.10. The van der Waals surface area contributed by atoms with E-state index in [4.69, 9.17) is 16.9 Å². The first kappa shape index (κ1) is 10.4. The molecule has 1 aromatic rings. The van der Waals surface area contributed by atoms with Gasteiger partial charge >= 0.3 is 0 Å². The molecular formula is C8H7BrClN3. The van der Waals surface area contributed by atoms with Gasteiger partial charge in [0.1, 0.15) is 16.1 Å². The number of nitrogens with zero attached hydrogens (tertiary/aromatic N) is 3. The second kappa shape index (κ2) is 4.54. The van der Waals surface area contributed by atoms with E-state index in [1.165, 1.54) is 6.33 Å². The summed E-state index contributed by atoms with van der Waals surface area (Å²) in [4.78, 5) is 7.81. The van der Waals surface area contributed by atoms with Gasteiger partial charge in [0, 0.05) is 12.0 Å². The van der Waals surface area contributed by atoms with E-state index in [2.05, 4.69) is 32.0 Å². The highest BCUT2D eigenvalue weighted by Crippen LogP contribution is 2.29. The maximum atomic E-state index is 8.53. The normalized spacial score (nSPS) is 12.2. The predicted molar refractivity (Wildman–Crippen MR) is 53.4 cm³/mol. The number of nitriles is 1. The Hall–Kier alpha value is -0.660. The molecule has 0 bridgehead atoms. The summed E-state index contributed by atoms with van der Waals surface area (Å²) in [7, 11) is 0. The maximum absolute atomic E-state index is 8.53. The summed E-state index contributed by atoms with van der Waals surface area (Å²) in [5, 5.41) is 8.94. The monoisotopic (exact) mass is 259 g/mol. The zero-order valence-corrected chi connectivity index (χ0v) is 9.30. The molecule has 0 spiro atoms. The lowest BCUT2D eigenvalue weighted by atomic mass is 10.0. The fraction of sp³-hybridized carbons (Fsp3) is 0.375. The van der Waals surface area contributed by atoms with Crippen molar-refractivity contribution < 1.29 is 0 Å². The van der Waals surface area contributed by atoms with Crippen LogP contribution in [0.2, 0.25) is 5.15 Å². The van der Waals surface area contributed by atoms with E-state index in [0.29, 0.717) is 16.2 Å². The summed E-state index contributed by atoms with van der Waals surface area (Å²) >= 11 is 9.14. The van der Waals surface area contributed by atoms with Crippen LogP contribution < -0.4 is 0 Å². The van der Waals surface area contributed by atoms with Gasteiger partial charge in [-0.05, 0) is 21.8 Å². The lowest BCUT2D eigenvalue weighted by Crippen LogP contribution is -1.98. The number of hydrogen-bond donors (Lipinski definition) is 0. The molecule has 0 amide bonds. The van der Waals surface area contributed by atoms with Gasteiger partial charge in [-0.1, -0.05) is 18.5 Å². The molecule has 0 aliphatic rings. The van der Waals surface area contributed by atoms with Crippen molar-refractivity contribution in [2.24, 2.45) is 0 Å². The molecule has 0 aliphatic heterocycles. The molecule has 0 fully saturated rings. The van der Waals surface area contributed by atoms with Crippen LogP contribution >= 0.6 is 27.5 Å². The van der Waals surface area contributed by atoms with Gasteiger partial charge in [-0.2, -0.15) is 5.26 Å². The predicted octanol–water partition coefficient (Wildman–Crippen LogP) is 2.91. The fourth-order valence-electron chi connectivity index (χ4n) is 1.00. The van der Waals surface area contributed by atoms with E-state index in [0.717, 1.165) is 5.56 Å². The average Bonchev–Trinajstić information content (AvgIpc) is 2.04. The molecule has 5 heteroatoms. The Morgan fingerprint density at radius 1 is 1.69 bits per heavy atom. The van der Waals surface area contributed by atoms with Gasteiger partial charge in [0.2, 0.25) is 0 Å². The minimum absolute atomic E-state index is 0.0491. The molecule has 3 nitrogen and oxygen atoms in total. The van der Waals surface area contributed by atoms with Gasteiger partial charge in [-0.3, -0.25) is 0 Å². The van der Waals surface area contributed by atoms with Gasteiger partial charge in [-0.15, -0.1) is 0 Å². The smallest absolute Gasteiger partial charge is 0.137 e. The molecule has 0 saturated carbocycles. The number of halogens is 2. The van der Waals surface area contributed by atoms with Crippen LogP contribution in [0.1, 0.15) is 24.8 Å². The zero-order valence-electron chi connectivity index (χ0n) is 6.96. The Bertz CT molecular complexity index is 327. The van der Waals surface area contributed by atoms with Crippen LogP contribution in [0.15, 0.2) is 10.9 Å². The molecule has 0 aliphatic carbocycles. The van der Waals surface area contributed by atoms with Crippen LogP contribution in [0.5, 0.6) is 0 Å². The summed E-state index contributed by atoms with van der Waals surface area (Å²) in [6, 6.07) is 2.09. The van der Waals surface area contributed by atoms with Crippen molar-refractivity contribution in [3.8, 4) is 6.07 Å². The Labute approximate surface area is 89.9 Å². The first-order valence-electron chi connectivity index (χ1n) is 3.69. The number of rotatable bonds is 2. The average molecular weight is 261 g/mol. The van der Waals surface area contributed by atoms with Gasteiger partial charge in [0.25, 0.3) is 0 Å². The van der Waals surface area contributed by atoms with Crippen molar-refractivity contribution in [3.63, 3.8) is 0 Å². The van der Waals surface area contributed by atoms with E-state index >= 15 is 0 Å². The van der Waals surface area contributed by atoms with Gasteiger partial charge in [-0.25, -0.2) is 9.97 Å². The van der Waals surface area contributed by atoms with Crippen LogP contribution in [-0.4, -0.2) is 9.97 Å². The number of hydrogen-bond acceptors (Lipinski definition) is 3. The van der Waals surface area contributed by atoms with Crippen molar-refractivity contribution in [2.75, 3.05) is 0 Å². The Balaban J connectivity index is 3.06. The molecule has 1 unspecified atom stereocenters. The third-order valence-corrected chi connectivity index (χ3v) is 2.61. The van der Waals surface area contributed by atoms with Crippen molar-refractivity contribution >= 4 is 27.5 Å². The van der Waals surface area contributed by atoms with E-state index in [1.54, 1.807) is 0 Å². The van der Waals surface area contributed by atoms with Gasteiger partial charge in [0.15, 0.2) is 0 Å². The molecule has 1 aromatic heterocycles. The van der Waals surface area contributed by atoms with Crippen molar-refractivity contribution in [1.82, 2.24) is 9.97 Å². The summed E-state index contributed by atoms with van der Waals surface area (Å²) in [5.74, 6) is 0.0491. The highest BCUT2D eigenvalue weighted by molar-refractivity contribution is 9.10. The van der Waals surface area contributed by atoms with E-state index in [9.17, 15) is 0 Å². The van der Waals surface area contributed by atoms with E-state index in [1.807, 2.05) is 6.92 Å². The molecule has 1 atom stereocenters. The van der Waals surface area contributed by atoms with Crippen LogP contribution in [0.3, 0.4) is 0 Å². The molecule has 13 heavy (non-hydrogen) atoms. The highest BCUT2D eigenvalue weighted by Gasteiger charge is 2.14. The molecule has 0 aromatic carbocycles. The second-order valence-corrected chi connectivity index (χ2v) is 3.74. The zero-order chi connectivity index (χ0) is 9.84. The maximum Gasteiger partial charge on any atom is 0.137 e. The van der Waals surface area contributed by atoms with Crippen molar-refractivity contribution in [3.05, 3.63) is 21.6 Å². The van der Waals surface area contributed by atoms with Crippen molar-refractivity contribution in [1.29, 1.82) is 5.26 Å². The first-order valence-corrected chi connectivity index (χ1v) is 4.86. The summed E-state index contributed by atoms with van der Waals surface area (Å²) in [5.41, 5.74) is 0.797. The van der Waals surface area contributed by atoms with Crippen LogP contribution in [0.4, 0.5) is 0 Å². The van der Waals surface area contributed by atoms with Crippen LogP contribution in [-0.2, 0) is 0 Å². The topological polar surface area (TPSA) is 49.6 Å². The largest absolute Gasteiger partial charge is 0.229 e. The third kappa shape index (κ3) is 2.39. The standard InChI is InChI=1S/C8H7BrClN3/c1-5(2-3-11)6-7(9)12-4-13-8(6)10/h4-5H,2H2,1H3. The van der Waals surface area contributed by atoms with Gasteiger partial charge in [0.05, 0.1) is 6.07 Å². The first-order chi connectivity index (χ1) is 6.16. The SMILES string of the molecule is CC(CC#N)c1c(Cl)ncnc1Br. The van der Waals surface area contributed by atoms with E-state index in [-0.39, 0.29) is 5.92 Å². The molecule has 0 N–H and O–H groups in total. The Kier molecular flexibility index (Phi) is 3.64. The lowest BCUT2D eigenvalue weighted by Gasteiger charge is -2.09. The lowest BCUT2D eigenvalue weighted by molar-refractivity contribution is 0.769. The minimum atomic E-state index is 0.0491. The third-order valence-electron chi connectivity index (χ3n) is 1.68. The molecule has 0 saturated heterocycles. The molecular weight excluding hydrogens is 253 g/mol. The van der Waals surface area contributed by atoms with Gasteiger partial charge < -0.3 is 0 Å². The van der Waals surface area contributed by atoms with Crippen LogP contribution in [0.25, 0.3) is 0 Å². The van der Waals surface area contributed by atoms with Crippen LogP contribution in [0, 0.1) is 11.3 Å².